The van der Waals surface area contributed by atoms with Crippen LogP contribution in [0.1, 0.15) is 32.1 Å². The van der Waals surface area contributed by atoms with Crippen molar-refractivity contribution in [1.82, 2.24) is 0 Å². The molecule has 0 unspecified atom stereocenters. The van der Waals surface area contributed by atoms with Gasteiger partial charge in [-0.2, -0.15) is 0 Å². The van der Waals surface area contributed by atoms with Crippen LogP contribution in [0.3, 0.4) is 0 Å². The van der Waals surface area contributed by atoms with Crippen LogP contribution in [-0.4, -0.2) is 18.5 Å². The first-order valence-electron chi connectivity index (χ1n) is 7.92. The van der Waals surface area contributed by atoms with Crippen LogP contribution in [0.5, 0.6) is 0 Å². The maximum atomic E-state index is 12.9. The summed E-state index contributed by atoms with van der Waals surface area (Å²) >= 11 is 5.82. The quantitative estimate of drug-likeness (QED) is 0.830. The van der Waals surface area contributed by atoms with Crippen LogP contribution in [0, 0.1) is 23.6 Å². The number of halogens is 2. The van der Waals surface area contributed by atoms with Crippen molar-refractivity contribution < 1.29 is 18.7 Å². The van der Waals surface area contributed by atoms with Crippen LogP contribution in [-0.2, 0) is 14.3 Å². The predicted octanol–water partition coefficient (Wildman–Crippen LogP) is 3.79. The highest BCUT2D eigenvalue weighted by molar-refractivity contribution is 6.33. The number of esters is 1. The van der Waals surface area contributed by atoms with Crippen LogP contribution in [0.4, 0.5) is 10.1 Å². The maximum absolute atomic E-state index is 12.9. The molecule has 2 aliphatic rings. The second-order valence-corrected chi connectivity index (χ2v) is 6.88. The number of carbonyl (C=O) groups excluding carboxylic acids is 2. The average molecular weight is 340 g/mol. The number of hydrogen-bond donors (Lipinski definition) is 1. The smallest absolute Gasteiger partial charge is 0.306 e. The molecule has 0 aromatic heterocycles. The number of ether oxygens (including phenoxy) is 1. The Morgan fingerprint density at radius 3 is 2.78 bits per heavy atom. The van der Waals surface area contributed by atoms with Crippen molar-refractivity contribution in [3.05, 3.63) is 29.0 Å². The summed E-state index contributed by atoms with van der Waals surface area (Å²) in [7, 11) is 0. The Kier molecular flexibility index (Phi) is 4.85. The van der Waals surface area contributed by atoms with Crippen molar-refractivity contribution in [2.75, 3.05) is 11.9 Å². The molecule has 23 heavy (non-hydrogen) atoms. The lowest BCUT2D eigenvalue weighted by Gasteiger charge is -2.20. The Morgan fingerprint density at radius 2 is 2.13 bits per heavy atom. The van der Waals surface area contributed by atoms with Gasteiger partial charge >= 0.3 is 5.97 Å². The molecule has 3 rings (SSSR count). The van der Waals surface area contributed by atoms with Crippen LogP contribution in [0.25, 0.3) is 0 Å². The van der Waals surface area contributed by atoms with Crippen molar-refractivity contribution in [2.24, 2.45) is 17.8 Å². The summed E-state index contributed by atoms with van der Waals surface area (Å²) in [6.07, 6.45) is 5.24. The minimum Gasteiger partial charge on any atom is -0.456 e. The SMILES string of the molecule is O=C(COC(=O)C[C@@H]1C[C@H]2CC[C@H]1C2)Nc1ccc(F)cc1Cl. The Labute approximate surface area is 139 Å². The molecule has 1 N–H and O–H groups in total. The highest BCUT2D eigenvalue weighted by Gasteiger charge is 2.40. The third-order valence-corrected chi connectivity index (χ3v) is 5.20. The lowest BCUT2D eigenvalue weighted by molar-refractivity contribution is -0.148. The highest BCUT2D eigenvalue weighted by Crippen LogP contribution is 2.49. The van der Waals surface area contributed by atoms with Crippen molar-refractivity contribution in [1.29, 1.82) is 0 Å². The van der Waals surface area contributed by atoms with E-state index in [-0.39, 0.29) is 17.6 Å². The Balaban J connectivity index is 1.42. The standard InChI is InChI=1S/C17H19ClFNO3/c18-14-8-13(19)3-4-15(14)20-16(21)9-23-17(22)7-12-6-10-1-2-11(12)5-10/h3-4,8,10-12H,1-2,5-7,9H2,(H,20,21)/t10-,11-,12-/m0/s1. The molecule has 4 nitrogen and oxygen atoms in total. The molecule has 6 heteroatoms. The molecular weight excluding hydrogens is 321 g/mol. The summed E-state index contributed by atoms with van der Waals surface area (Å²) < 4.78 is 18.0. The number of nitrogens with one attached hydrogen (secondary N) is 1. The van der Waals surface area contributed by atoms with Crippen LogP contribution < -0.4 is 5.32 Å². The molecule has 0 heterocycles. The zero-order valence-electron chi connectivity index (χ0n) is 12.7. The second-order valence-electron chi connectivity index (χ2n) is 6.47. The molecule has 0 spiro atoms. The number of amides is 1. The van der Waals surface area contributed by atoms with Gasteiger partial charge in [-0.25, -0.2) is 4.39 Å². The monoisotopic (exact) mass is 339 g/mol. The first-order chi connectivity index (χ1) is 11.0. The zero-order chi connectivity index (χ0) is 16.4. The summed E-state index contributed by atoms with van der Waals surface area (Å²) in [5.74, 6) is 0.546. The van der Waals surface area contributed by atoms with Crippen molar-refractivity contribution in [3.63, 3.8) is 0 Å². The number of fused-ring (bicyclic) bond motifs is 2. The van der Waals surface area contributed by atoms with E-state index in [1.807, 2.05) is 0 Å². The van der Waals surface area contributed by atoms with Gasteiger partial charge in [0.15, 0.2) is 6.61 Å². The fraction of sp³-hybridized carbons (Fsp3) is 0.529. The van der Waals surface area contributed by atoms with E-state index in [1.165, 1.54) is 31.4 Å². The maximum Gasteiger partial charge on any atom is 0.306 e. The summed E-state index contributed by atoms with van der Waals surface area (Å²) in [6, 6.07) is 3.67. The van der Waals surface area contributed by atoms with Gasteiger partial charge in [0.1, 0.15) is 5.82 Å². The number of hydrogen-bond acceptors (Lipinski definition) is 3. The van der Waals surface area contributed by atoms with Crippen LogP contribution >= 0.6 is 11.6 Å². The van der Waals surface area contributed by atoms with E-state index in [0.29, 0.717) is 23.9 Å². The van der Waals surface area contributed by atoms with Crippen LogP contribution in [0.2, 0.25) is 5.02 Å². The van der Waals surface area contributed by atoms with Gasteiger partial charge in [-0.15, -0.1) is 0 Å². The highest BCUT2D eigenvalue weighted by atomic mass is 35.5. The Bertz CT molecular complexity index is 622. The van der Waals surface area contributed by atoms with Crippen LogP contribution in [0.15, 0.2) is 18.2 Å². The molecule has 2 bridgehead atoms. The van der Waals surface area contributed by atoms with E-state index >= 15 is 0 Å². The average Bonchev–Trinajstić information content (AvgIpc) is 3.11. The summed E-state index contributed by atoms with van der Waals surface area (Å²) in [5, 5.41) is 2.60. The molecule has 0 saturated heterocycles. The minimum absolute atomic E-state index is 0.103. The van der Waals surface area contributed by atoms with E-state index in [2.05, 4.69) is 5.32 Å². The van der Waals surface area contributed by atoms with Gasteiger partial charge in [-0.3, -0.25) is 9.59 Å². The number of carbonyl (C=O) groups is 2. The molecule has 2 aliphatic carbocycles. The van der Waals surface area contributed by atoms with Gasteiger partial charge in [0.25, 0.3) is 5.91 Å². The predicted molar refractivity (Wildman–Crippen MR) is 84.6 cm³/mol. The van der Waals surface area contributed by atoms with Gasteiger partial charge < -0.3 is 10.1 Å². The normalized spacial score (nSPS) is 25.4. The van der Waals surface area contributed by atoms with Crippen molar-refractivity contribution in [3.8, 4) is 0 Å². The number of anilines is 1. The van der Waals surface area contributed by atoms with Gasteiger partial charge in [-0.1, -0.05) is 18.0 Å². The molecule has 3 atom stereocenters. The van der Waals surface area contributed by atoms with E-state index in [9.17, 15) is 14.0 Å². The molecule has 1 aromatic rings. The number of benzene rings is 1. The lowest BCUT2D eigenvalue weighted by Crippen LogP contribution is -2.23. The third kappa shape index (κ3) is 4.02. The minimum atomic E-state index is -0.486. The molecule has 124 valence electrons. The third-order valence-electron chi connectivity index (χ3n) is 4.88. The second kappa shape index (κ2) is 6.87. The molecule has 1 amide bonds. The van der Waals surface area contributed by atoms with E-state index in [4.69, 9.17) is 16.3 Å². The fourth-order valence-electron chi connectivity index (χ4n) is 3.82. The molecule has 1 aromatic carbocycles. The number of rotatable bonds is 5. The van der Waals surface area contributed by atoms with Gasteiger partial charge in [0, 0.05) is 6.42 Å². The molecule has 0 aliphatic heterocycles. The van der Waals surface area contributed by atoms with Gasteiger partial charge in [-0.05, 0) is 55.2 Å². The topological polar surface area (TPSA) is 55.4 Å². The first-order valence-corrected chi connectivity index (χ1v) is 8.29. The molecule has 2 saturated carbocycles. The first kappa shape index (κ1) is 16.2. The van der Waals surface area contributed by atoms with E-state index in [1.54, 1.807) is 0 Å². The largest absolute Gasteiger partial charge is 0.456 e. The molecular formula is C17H19ClFNO3. The zero-order valence-corrected chi connectivity index (χ0v) is 13.4. The van der Waals surface area contributed by atoms with E-state index < -0.39 is 11.7 Å². The Morgan fingerprint density at radius 1 is 1.30 bits per heavy atom. The van der Waals surface area contributed by atoms with Crippen molar-refractivity contribution in [2.45, 2.75) is 32.1 Å². The summed E-state index contributed by atoms with van der Waals surface area (Å²) in [4.78, 5) is 23.6. The van der Waals surface area contributed by atoms with Gasteiger partial charge in [0.2, 0.25) is 0 Å². The van der Waals surface area contributed by atoms with E-state index in [0.717, 1.165) is 18.4 Å². The van der Waals surface area contributed by atoms with Gasteiger partial charge in [0.05, 0.1) is 10.7 Å². The molecule has 2 fully saturated rings. The Hall–Kier alpha value is -1.62. The molecule has 0 radical (unpaired) electrons. The summed E-state index contributed by atoms with van der Waals surface area (Å²) in [6.45, 7) is -0.354. The van der Waals surface area contributed by atoms with Crippen molar-refractivity contribution >= 4 is 29.2 Å². The lowest BCUT2D eigenvalue weighted by atomic mass is 9.86. The fourth-order valence-corrected chi connectivity index (χ4v) is 4.04. The summed E-state index contributed by atoms with van der Waals surface area (Å²) in [5.41, 5.74) is 0.294.